The SMILES string of the molecule is COC(=O)C1=CN2CC(c3ccc(Br)c(S(N)(=O)=O)c3)N=C2C=C1. The zero-order valence-corrected chi connectivity index (χ0v) is 15.0. The highest BCUT2D eigenvalue weighted by atomic mass is 79.9. The van der Waals surface area contributed by atoms with E-state index >= 15 is 0 Å². The Morgan fingerprint density at radius 1 is 1.42 bits per heavy atom. The van der Waals surface area contributed by atoms with Gasteiger partial charge in [-0.25, -0.2) is 18.4 Å². The highest BCUT2D eigenvalue weighted by Crippen LogP contribution is 2.31. The van der Waals surface area contributed by atoms with Crippen LogP contribution < -0.4 is 5.14 Å². The molecular formula is C15H14BrN3O4S. The van der Waals surface area contributed by atoms with Crippen LogP contribution in [0.4, 0.5) is 0 Å². The molecule has 24 heavy (non-hydrogen) atoms. The van der Waals surface area contributed by atoms with Crippen LogP contribution in [0, 0.1) is 0 Å². The number of rotatable bonds is 3. The quantitative estimate of drug-likeness (QED) is 0.758. The summed E-state index contributed by atoms with van der Waals surface area (Å²) in [5, 5.41) is 5.23. The maximum atomic E-state index is 11.7. The zero-order chi connectivity index (χ0) is 17.5. The molecule has 0 aromatic heterocycles. The molecule has 9 heteroatoms. The Morgan fingerprint density at radius 3 is 2.83 bits per heavy atom. The number of carbonyl (C=O) groups excluding carboxylic acids is 1. The normalized spacial score (nSPS) is 19.6. The van der Waals surface area contributed by atoms with Crippen molar-refractivity contribution < 1.29 is 17.9 Å². The summed E-state index contributed by atoms with van der Waals surface area (Å²) in [5.41, 5.74) is 1.16. The number of halogens is 1. The fourth-order valence-corrected chi connectivity index (χ4v) is 4.11. The fourth-order valence-electron chi connectivity index (χ4n) is 2.55. The number of benzene rings is 1. The molecule has 0 saturated carbocycles. The van der Waals surface area contributed by atoms with Crippen molar-refractivity contribution in [3.8, 4) is 0 Å². The number of sulfonamides is 1. The maximum absolute atomic E-state index is 11.7. The topological polar surface area (TPSA) is 102 Å². The van der Waals surface area contributed by atoms with Crippen molar-refractivity contribution in [3.05, 3.63) is 52.2 Å². The van der Waals surface area contributed by atoms with E-state index in [1.165, 1.54) is 13.2 Å². The minimum absolute atomic E-state index is 0.0198. The number of hydrogen-bond donors (Lipinski definition) is 1. The number of fused-ring (bicyclic) bond motifs is 1. The van der Waals surface area contributed by atoms with Gasteiger partial charge in [0.2, 0.25) is 10.0 Å². The third kappa shape index (κ3) is 3.14. The van der Waals surface area contributed by atoms with Crippen LogP contribution in [0.25, 0.3) is 0 Å². The number of aliphatic imine (C=N–C) groups is 1. The summed E-state index contributed by atoms with van der Waals surface area (Å²) >= 11 is 3.19. The Balaban J connectivity index is 1.90. The minimum Gasteiger partial charge on any atom is -0.465 e. The first-order chi connectivity index (χ1) is 11.3. The summed E-state index contributed by atoms with van der Waals surface area (Å²) in [4.78, 5) is 18.0. The molecule has 3 rings (SSSR count). The molecule has 0 aliphatic carbocycles. The largest absolute Gasteiger partial charge is 0.465 e. The van der Waals surface area contributed by atoms with E-state index in [1.807, 2.05) is 4.90 Å². The molecule has 0 bridgehead atoms. The maximum Gasteiger partial charge on any atom is 0.339 e. The highest BCUT2D eigenvalue weighted by Gasteiger charge is 2.28. The number of esters is 1. The van der Waals surface area contributed by atoms with E-state index in [0.717, 1.165) is 5.56 Å². The lowest BCUT2D eigenvalue weighted by Gasteiger charge is -2.18. The second-order valence-electron chi connectivity index (χ2n) is 5.30. The van der Waals surface area contributed by atoms with Crippen LogP contribution in [0.15, 0.2) is 56.5 Å². The second kappa shape index (κ2) is 6.15. The summed E-state index contributed by atoms with van der Waals surface area (Å²) in [6.07, 6.45) is 5.04. The first-order valence-corrected chi connectivity index (χ1v) is 9.28. The molecule has 1 unspecified atom stereocenters. The number of hydrogen-bond acceptors (Lipinski definition) is 6. The molecule has 0 saturated heterocycles. The number of primary sulfonamides is 1. The molecular weight excluding hydrogens is 398 g/mol. The van der Waals surface area contributed by atoms with E-state index in [9.17, 15) is 13.2 Å². The van der Waals surface area contributed by atoms with Crippen molar-refractivity contribution in [2.75, 3.05) is 13.7 Å². The zero-order valence-electron chi connectivity index (χ0n) is 12.6. The summed E-state index contributed by atoms with van der Waals surface area (Å²) in [7, 11) is -2.51. The predicted molar refractivity (Wildman–Crippen MR) is 91.6 cm³/mol. The molecule has 0 radical (unpaired) electrons. The molecule has 0 fully saturated rings. The van der Waals surface area contributed by atoms with Gasteiger partial charge in [-0.15, -0.1) is 0 Å². The van der Waals surface area contributed by atoms with Crippen molar-refractivity contribution in [1.82, 2.24) is 4.90 Å². The smallest absolute Gasteiger partial charge is 0.339 e. The van der Waals surface area contributed by atoms with Gasteiger partial charge in [0.05, 0.1) is 30.2 Å². The van der Waals surface area contributed by atoms with Gasteiger partial charge in [-0.05, 0) is 45.8 Å². The van der Waals surface area contributed by atoms with E-state index in [0.29, 0.717) is 22.4 Å². The summed E-state index contributed by atoms with van der Waals surface area (Å²) in [6.45, 7) is 0.492. The van der Waals surface area contributed by atoms with Crippen LogP contribution in [0.1, 0.15) is 11.6 Å². The Labute approximate surface area is 147 Å². The van der Waals surface area contributed by atoms with E-state index in [-0.39, 0.29) is 10.9 Å². The minimum atomic E-state index is -3.83. The fraction of sp³-hybridized carbons (Fsp3) is 0.200. The predicted octanol–water partition coefficient (Wildman–Crippen LogP) is 1.48. The van der Waals surface area contributed by atoms with Gasteiger partial charge < -0.3 is 9.64 Å². The third-order valence-corrected chi connectivity index (χ3v) is 5.63. The number of amidine groups is 1. The molecule has 2 aliphatic heterocycles. The number of carbonyl (C=O) groups is 1. The highest BCUT2D eigenvalue weighted by molar-refractivity contribution is 9.10. The first-order valence-electron chi connectivity index (χ1n) is 6.94. The molecule has 2 aliphatic rings. The molecule has 0 spiro atoms. The monoisotopic (exact) mass is 411 g/mol. The van der Waals surface area contributed by atoms with Gasteiger partial charge in [-0.2, -0.15) is 0 Å². The Morgan fingerprint density at radius 2 is 2.17 bits per heavy atom. The average molecular weight is 412 g/mol. The summed E-state index contributed by atoms with van der Waals surface area (Å²) in [5.74, 6) is 0.279. The van der Waals surface area contributed by atoms with E-state index in [4.69, 9.17) is 9.88 Å². The van der Waals surface area contributed by atoms with Gasteiger partial charge >= 0.3 is 5.97 Å². The van der Waals surface area contributed by atoms with Crippen molar-refractivity contribution in [2.24, 2.45) is 10.1 Å². The Bertz CT molecular complexity index is 905. The van der Waals surface area contributed by atoms with Crippen LogP contribution in [0.3, 0.4) is 0 Å². The number of methoxy groups -OCH3 is 1. The number of nitrogens with zero attached hydrogens (tertiary/aromatic N) is 2. The van der Waals surface area contributed by atoms with Gasteiger partial charge in [0.15, 0.2) is 0 Å². The van der Waals surface area contributed by atoms with E-state index in [1.54, 1.807) is 30.5 Å². The van der Waals surface area contributed by atoms with Crippen LogP contribution >= 0.6 is 15.9 Å². The summed E-state index contributed by atoms with van der Waals surface area (Å²) < 4.78 is 28.4. The van der Waals surface area contributed by atoms with Crippen molar-refractivity contribution in [2.45, 2.75) is 10.9 Å². The molecule has 1 aromatic carbocycles. The molecule has 2 heterocycles. The van der Waals surface area contributed by atoms with Gasteiger partial charge in [0.25, 0.3) is 0 Å². The summed E-state index contributed by atoms with van der Waals surface area (Å²) in [6, 6.07) is 4.69. The number of nitrogens with two attached hydrogens (primary N) is 1. The lowest BCUT2D eigenvalue weighted by atomic mass is 10.1. The van der Waals surface area contributed by atoms with Crippen molar-refractivity contribution in [3.63, 3.8) is 0 Å². The molecule has 2 N–H and O–H groups in total. The van der Waals surface area contributed by atoms with Crippen LogP contribution in [-0.2, 0) is 19.6 Å². The van der Waals surface area contributed by atoms with Gasteiger partial charge in [0, 0.05) is 10.7 Å². The van der Waals surface area contributed by atoms with E-state index in [2.05, 4.69) is 20.9 Å². The first kappa shape index (κ1) is 16.9. The molecule has 126 valence electrons. The second-order valence-corrected chi connectivity index (χ2v) is 7.68. The van der Waals surface area contributed by atoms with Crippen LogP contribution in [0.2, 0.25) is 0 Å². The Kier molecular flexibility index (Phi) is 4.33. The molecule has 1 atom stereocenters. The van der Waals surface area contributed by atoms with Gasteiger partial charge in [-0.1, -0.05) is 6.07 Å². The Hall–Kier alpha value is -1.97. The average Bonchev–Trinajstić information content (AvgIpc) is 2.96. The standard InChI is InChI=1S/C15H14BrN3O4S/c1-23-15(20)10-3-5-14-18-12(8-19(14)7-10)9-2-4-11(16)13(6-9)24(17,21)22/h2-7,12H,8H2,1H3,(H2,17,21,22). The van der Waals surface area contributed by atoms with Gasteiger partial charge in [0.1, 0.15) is 5.84 Å². The third-order valence-electron chi connectivity index (χ3n) is 3.73. The molecule has 0 amide bonds. The van der Waals surface area contributed by atoms with E-state index < -0.39 is 16.0 Å². The van der Waals surface area contributed by atoms with Crippen molar-refractivity contribution >= 4 is 37.8 Å². The lowest BCUT2D eigenvalue weighted by Crippen LogP contribution is -2.25. The number of ether oxygens (including phenoxy) is 1. The van der Waals surface area contributed by atoms with Crippen molar-refractivity contribution in [1.29, 1.82) is 0 Å². The van der Waals surface area contributed by atoms with Crippen LogP contribution in [-0.4, -0.2) is 38.8 Å². The van der Waals surface area contributed by atoms with Crippen LogP contribution in [0.5, 0.6) is 0 Å². The lowest BCUT2D eigenvalue weighted by molar-refractivity contribution is -0.135. The molecule has 1 aromatic rings. The molecule has 7 nitrogen and oxygen atoms in total. The van der Waals surface area contributed by atoms with Gasteiger partial charge in [-0.3, -0.25) is 4.99 Å².